The number of anilines is 1. The quantitative estimate of drug-likeness (QED) is 0.304. The van der Waals surface area contributed by atoms with Gasteiger partial charge in [0.1, 0.15) is 0 Å². The molecule has 0 saturated carbocycles. The Bertz CT molecular complexity index is 911. The van der Waals surface area contributed by atoms with Crippen molar-refractivity contribution in [3.8, 4) is 0 Å². The standard InChI is InChI=1S/C25H32N2O4/c1-5-12-27-21-10-8-7-9-20(21)25(24(27)29)11-13-26-15-17(6-2)18(14-22(25)26)19(16-30-3)23(28)31-4/h5,7-10,16-18,22H,1,6,11-15H2,2-4H3/b19-16+/t17-,18-,22?,25+/m0/s1. The highest BCUT2D eigenvalue weighted by atomic mass is 16.5. The minimum absolute atomic E-state index is 0.0120. The van der Waals surface area contributed by atoms with Crippen LogP contribution in [0, 0.1) is 11.8 Å². The average molecular weight is 425 g/mol. The summed E-state index contributed by atoms with van der Waals surface area (Å²) in [6.45, 7) is 8.27. The Labute approximate surface area is 184 Å². The Morgan fingerprint density at radius 1 is 1.32 bits per heavy atom. The summed E-state index contributed by atoms with van der Waals surface area (Å²) in [7, 11) is 2.96. The van der Waals surface area contributed by atoms with Crippen LogP contribution in [-0.4, -0.2) is 56.7 Å². The third kappa shape index (κ3) is 3.19. The molecular formula is C25H32N2O4. The highest BCUT2D eigenvalue weighted by Crippen LogP contribution is 2.54. The number of nitrogens with zero attached hydrogens (tertiary/aromatic N) is 2. The maximum atomic E-state index is 13.9. The van der Waals surface area contributed by atoms with Crippen molar-refractivity contribution in [3.63, 3.8) is 0 Å². The van der Waals surface area contributed by atoms with Crippen molar-refractivity contribution >= 4 is 17.6 Å². The average Bonchev–Trinajstić information content (AvgIpc) is 3.28. The molecule has 1 spiro atoms. The van der Waals surface area contributed by atoms with E-state index in [1.54, 1.807) is 13.2 Å². The van der Waals surface area contributed by atoms with Gasteiger partial charge in [-0.1, -0.05) is 37.6 Å². The third-order valence-corrected chi connectivity index (χ3v) is 7.52. The van der Waals surface area contributed by atoms with E-state index in [1.807, 2.05) is 23.1 Å². The predicted molar refractivity (Wildman–Crippen MR) is 120 cm³/mol. The zero-order valence-corrected chi connectivity index (χ0v) is 18.7. The van der Waals surface area contributed by atoms with Crippen molar-refractivity contribution < 1.29 is 19.1 Å². The monoisotopic (exact) mass is 424 g/mol. The second kappa shape index (κ2) is 8.50. The zero-order valence-electron chi connectivity index (χ0n) is 18.7. The number of fused-ring (bicyclic) bond motifs is 4. The van der Waals surface area contributed by atoms with E-state index in [0.717, 1.165) is 43.6 Å². The molecule has 1 amide bonds. The predicted octanol–water partition coefficient (Wildman–Crippen LogP) is 3.28. The van der Waals surface area contributed by atoms with E-state index in [9.17, 15) is 9.59 Å². The van der Waals surface area contributed by atoms with Crippen LogP contribution in [-0.2, 0) is 24.5 Å². The lowest BCUT2D eigenvalue weighted by molar-refractivity contribution is -0.137. The van der Waals surface area contributed by atoms with Crippen LogP contribution in [0.2, 0.25) is 0 Å². The van der Waals surface area contributed by atoms with Crippen molar-refractivity contribution in [2.24, 2.45) is 11.8 Å². The van der Waals surface area contributed by atoms with E-state index in [4.69, 9.17) is 9.47 Å². The van der Waals surface area contributed by atoms with Gasteiger partial charge in [-0.05, 0) is 42.9 Å². The second-order valence-corrected chi connectivity index (χ2v) is 8.76. The van der Waals surface area contributed by atoms with Crippen LogP contribution in [0.3, 0.4) is 0 Å². The van der Waals surface area contributed by atoms with E-state index >= 15 is 0 Å². The number of rotatable bonds is 6. The molecular weight excluding hydrogens is 392 g/mol. The number of carbonyl (C=O) groups is 2. The van der Waals surface area contributed by atoms with Gasteiger partial charge in [-0.3, -0.25) is 9.69 Å². The normalized spacial score (nSPS) is 30.3. The molecule has 4 rings (SSSR count). The number of hydrogen-bond acceptors (Lipinski definition) is 5. The number of carbonyl (C=O) groups excluding carboxylic acids is 2. The highest BCUT2D eigenvalue weighted by Gasteiger charge is 2.61. The second-order valence-electron chi connectivity index (χ2n) is 8.76. The SMILES string of the molecule is C=CCN1C(=O)[C@]2(CCN3C[C@H](CC)[C@@H](/C(=C\OC)C(=O)OC)CC32)c2ccccc21. The van der Waals surface area contributed by atoms with E-state index in [2.05, 4.69) is 24.5 Å². The number of esters is 1. The zero-order chi connectivity index (χ0) is 22.2. The Morgan fingerprint density at radius 3 is 2.77 bits per heavy atom. The smallest absolute Gasteiger partial charge is 0.337 e. The fourth-order valence-corrected chi connectivity index (χ4v) is 6.14. The Balaban J connectivity index is 1.77. The molecule has 0 radical (unpaired) electrons. The van der Waals surface area contributed by atoms with Crippen LogP contribution in [0.1, 0.15) is 31.7 Å². The summed E-state index contributed by atoms with van der Waals surface area (Å²) in [5.41, 5.74) is 2.09. The van der Waals surface area contributed by atoms with Crippen LogP contribution in [0.25, 0.3) is 0 Å². The fraction of sp³-hybridized carbons (Fsp3) is 0.520. The van der Waals surface area contributed by atoms with Crippen molar-refractivity contribution in [2.75, 3.05) is 38.8 Å². The number of ether oxygens (including phenoxy) is 2. The van der Waals surface area contributed by atoms with Gasteiger partial charge in [0.2, 0.25) is 5.91 Å². The number of piperidine rings is 1. The molecule has 2 saturated heterocycles. The van der Waals surface area contributed by atoms with E-state index < -0.39 is 5.41 Å². The molecule has 3 aliphatic rings. The van der Waals surface area contributed by atoms with Gasteiger partial charge in [0.15, 0.2) is 0 Å². The van der Waals surface area contributed by atoms with Gasteiger partial charge in [0, 0.05) is 24.8 Å². The van der Waals surface area contributed by atoms with E-state index in [1.165, 1.54) is 13.4 Å². The first-order chi connectivity index (χ1) is 15.0. The van der Waals surface area contributed by atoms with Crippen LogP contribution in [0.15, 0.2) is 48.8 Å². The van der Waals surface area contributed by atoms with Gasteiger partial charge < -0.3 is 14.4 Å². The van der Waals surface area contributed by atoms with Crippen LogP contribution < -0.4 is 4.90 Å². The molecule has 4 atom stereocenters. The lowest BCUT2D eigenvalue weighted by Crippen LogP contribution is -2.55. The molecule has 0 aliphatic carbocycles. The molecule has 0 aromatic heterocycles. The Hall–Kier alpha value is -2.60. The van der Waals surface area contributed by atoms with Gasteiger partial charge in [0.25, 0.3) is 0 Å². The topological polar surface area (TPSA) is 59.1 Å². The molecule has 6 heteroatoms. The minimum Gasteiger partial charge on any atom is -0.504 e. The highest BCUT2D eigenvalue weighted by molar-refractivity contribution is 6.09. The van der Waals surface area contributed by atoms with Crippen LogP contribution in [0.4, 0.5) is 5.69 Å². The third-order valence-electron chi connectivity index (χ3n) is 7.52. The molecule has 3 aliphatic heterocycles. The first-order valence-electron chi connectivity index (χ1n) is 11.1. The molecule has 0 N–H and O–H groups in total. The molecule has 6 nitrogen and oxygen atoms in total. The van der Waals surface area contributed by atoms with Crippen LogP contribution >= 0.6 is 0 Å². The van der Waals surface area contributed by atoms with Gasteiger partial charge in [-0.2, -0.15) is 0 Å². The molecule has 2 fully saturated rings. The van der Waals surface area contributed by atoms with Gasteiger partial charge in [-0.25, -0.2) is 4.79 Å². The summed E-state index contributed by atoms with van der Waals surface area (Å²) >= 11 is 0. The molecule has 1 aromatic carbocycles. The number of hydrogen-bond donors (Lipinski definition) is 0. The summed E-state index contributed by atoms with van der Waals surface area (Å²) in [4.78, 5) is 30.8. The first-order valence-corrected chi connectivity index (χ1v) is 11.1. The fourth-order valence-electron chi connectivity index (χ4n) is 6.14. The van der Waals surface area contributed by atoms with E-state index in [-0.39, 0.29) is 23.8 Å². The number of methoxy groups -OCH3 is 2. The molecule has 1 aromatic rings. The molecule has 31 heavy (non-hydrogen) atoms. The maximum Gasteiger partial charge on any atom is 0.337 e. The van der Waals surface area contributed by atoms with Gasteiger partial charge in [0.05, 0.1) is 31.5 Å². The molecule has 0 bridgehead atoms. The largest absolute Gasteiger partial charge is 0.504 e. The van der Waals surface area contributed by atoms with Gasteiger partial charge in [-0.15, -0.1) is 6.58 Å². The van der Waals surface area contributed by atoms with Gasteiger partial charge >= 0.3 is 5.97 Å². The molecule has 1 unspecified atom stereocenters. The Morgan fingerprint density at radius 2 is 2.10 bits per heavy atom. The van der Waals surface area contributed by atoms with Crippen molar-refractivity contribution in [3.05, 3.63) is 54.3 Å². The van der Waals surface area contributed by atoms with Crippen molar-refractivity contribution in [1.82, 2.24) is 4.90 Å². The summed E-state index contributed by atoms with van der Waals surface area (Å²) < 4.78 is 10.3. The summed E-state index contributed by atoms with van der Waals surface area (Å²) in [5, 5.41) is 0. The minimum atomic E-state index is -0.579. The number of benzene rings is 1. The van der Waals surface area contributed by atoms with E-state index in [0.29, 0.717) is 18.0 Å². The number of amides is 1. The molecule has 3 heterocycles. The number of para-hydroxylation sites is 1. The van der Waals surface area contributed by atoms with Crippen molar-refractivity contribution in [1.29, 1.82) is 0 Å². The molecule has 166 valence electrons. The van der Waals surface area contributed by atoms with Crippen molar-refractivity contribution in [2.45, 2.75) is 37.6 Å². The summed E-state index contributed by atoms with van der Waals surface area (Å²) in [6, 6.07) is 8.18. The van der Waals surface area contributed by atoms with Crippen LogP contribution in [0.5, 0.6) is 0 Å². The summed E-state index contributed by atoms with van der Waals surface area (Å²) in [6.07, 6.45) is 5.79. The lowest BCUT2D eigenvalue weighted by Gasteiger charge is -2.45. The summed E-state index contributed by atoms with van der Waals surface area (Å²) in [5.74, 6) is 0.104. The first kappa shape index (κ1) is 21.6. The maximum absolute atomic E-state index is 13.9. The Kier molecular flexibility index (Phi) is 5.93. The lowest BCUT2D eigenvalue weighted by atomic mass is 9.67.